The van der Waals surface area contributed by atoms with Crippen molar-refractivity contribution in [3.05, 3.63) is 70.5 Å². The standard InChI is InChI=1S/C17H14Cl2N4O2/c18-13-6-7-14(19)15(8-13)25-10-16(24)21-17-20-11-23(22-17)9-12-4-2-1-3-5-12/h1-8,11H,9-10H2,(H,21,22,24). The molecule has 0 aliphatic rings. The van der Waals surface area contributed by atoms with Crippen molar-refractivity contribution < 1.29 is 9.53 Å². The lowest BCUT2D eigenvalue weighted by Gasteiger charge is -2.07. The molecular weight excluding hydrogens is 363 g/mol. The molecule has 0 spiro atoms. The molecule has 1 amide bonds. The molecule has 0 aliphatic heterocycles. The Morgan fingerprint density at radius 1 is 1.16 bits per heavy atom. The summed E-state index contributed by atoms with van der Waals surface area (Å²) >= 11 is 11.8. The SMILES string of the molecule is O=C(COc1cc(Cl)ccc1Cl)Nc1ncn(Cc2ccccc2)n1. The molecule has 25 heavy (non-hydrogen) atoms. The number of halogens is 2. The second-order valence-corrected chi connectivity index (χ2v) is 6.01. The molecule has 1 N–H and O–H groups in total. The highest BCUT2D eigenvalue weighted by atomic mass is 35.5. The number of carbonyl (C=O) groups excluding carboxylic acids is 1. The summed E-state index contributed by atoms with van der Waals surface area (Å²) in [4.78, 5) is 16.0. The maximum absolute atomic E-state index is 11.9. The van der Waals surface area contributed by atoms with E-state index in [1.54, 1.807) is 29.2 Å². The van der Waals surface area contributed by atoms with Gasteiger partial charge in [-0.3, -0.25) is 10.1 Å². The summed E-state index contributed by atoms with van der Waals surface area (Å²) in [6.45, 7) is 0.339. The smallest absolute Gasteiger partial charge is 0.264 e. The zero-order valence-corrected chi connectivity index (χ0v) is 14.5. The second-order valence-electron chi connectivity index (χ2n) is 5.16. The fraction of sp³-hybridized carbons (Fsp3) is 0.118. The Labute approximate surface area is 154 Å². The fourth-order valence-corrected chi connectivity index (χ4v) is 2.42. The fourth-order valence-electron chi connectivity index (χ4n) is 2.09. The molecule has 0 aliphatic carbocycles. The van der Waals surface area contributed by atoms with Crippen LogP contribution in [0.2, 0.25) is 10.0 Å². The molecule has 1 heterocycles. The summed E-state index contributed by atoms with van der Waals surface area (Å²) in [5, 5.41) is 7.62. The number of rotatable bonds is 6. The van der Waals surface area contributed by atoms with E-state index in [1.165, 1.54) is 0 Å². The number of anilines is 1. The number of hydrogen-bond donors (Lipinski definition) is 1. The largest absolute Gasteiger partial charge is 0.482 e. The number of benzene rings is 2. The van der Waals surface area contributed by atoms with Gasteiger partial charge in [0.1, 0.15) is 12.1 Å². The maximum atomic E-state index is 11.9. The molecular formula is C17H14Cl2N4O2. The van der Waals surface area contributed by atoms with E-state index in [1.807, 2.05) is 30.3 Å². The predicted octanol–water partition coefficient (Wildman–Crippen LogP) is 3.65. The van der Waals surface area contributed by atoms with Crippen LogP contribution in [0.4, 0.5) is 5.95 Å². The van der Waals surface area contributed by atoms with Crippen molar-refractivity contribution >= 4 is 35.1 Å². The molecule has 2 aromatic carbocycles. The number of ether oxygens (including phenoxy) is 1. The van der Waals surface area contributed by atoms with Gasteiger partial charge in [0, 0.05) is 11.1 Å². The van der Waals surface area contributed by atoms with Crippen LogP contribution in [0.25, 0.3) is 0 Å². The molecule has 8 heteroatoms. The molecule has 0 unspecified atom stereocenters. The van der Waals surface area contributed by atoms with Crippen molar-refractivity contribution in [3.8, 4) is 5.75 Å². The van der Waals surface area contributed by atoms with Crippen LogP contribution >= 0.6 is 23.2 Å². The highest BCUT2D eigenvalue weighted by Gasteiger charge is 2.09. The third kappa shape index (κ3) is 4.95. The molecule has 0 bridgehead atoms. The van der Waals surface area contributed by atoms with E-state index in [-0.39, 0.29) is 12.6 Å². The van der Waals surface area contributed by atoms with Crippen LogP contribution in [0.5, 0.6) is 5.75 Å². The first kappa shape index (κ1) is 17.3. The monoisotopic (exact) mass is 376 g/mol. The molecule has 0 saturated heterocycles. The van der Waals surface area contributed by atoms with Crippen LogP contribution < -0.4 is 10.1 Å². The lowest BCUT2D eigenvalue weighted by atomic mass is 10.2. The zero-order valence-electron chi connectivity index (χ0n) is 13.0. The number of nitrogens with one attached hydrogen (secondary N) is 1. The number of carbonyl (C=O) groups is 1. The van der Waals surface area contributed by atoms with Crippen LogP contribution in [0.3, 0.4) is 0 Å². The predicted molar refractivity (Wildman–Crippen MR) is 96.2 cm³/mol. The van der Waals surface area contributed by atoms with Crippen molar-refractivity contribution in [2.45, 2.75) is 6.54 Å². The van der Waals surface area contributed by atoms with Gasteiger partial charge in [-0.05, 0) is 17.7 Å². The van der Waals surface area contributed by atoms with E-state index < -0.39 is 5.91 Å². The Hall–Kier alpha value is -2.57. The highest BCUT2D eigenvalue weighted by molar-refractivity contribution is 6.34. The third-order valence-corrected chi connectivity index (χ3v) is 3.77. The summed E-state index contributed by atoms with van der Waals surface area (Å²) < 4.78 is 7.00. The van der Waals surface area contributed by atoms with Crippen molar-refractivity contribution in [2.24, 2.45) is 0 Å². The summed E-state index contributed by atoms with van der Waals surface area (Å²) in [5.41, 5.74) is 1.09. The van der Waals surface area contributed by atoms with Gasteiger partial charge in [0.2, 0.25) is 5.95 Å². The Morgan fingerprint density at radius 2 is 1.96 bits per heavy atom. The molecule has 1 aromatic heterocycles. The molecule has 3 aromatic rings. The van der Waals surface area contributed by atoms with E-state index in [9.17, 15) is 4.79 Å². The summed E-state index contributed by atoms with van der Waals surface area (Å²) in [6, 6.07) is 14.6. The van der Waals surface area contributed by atoms with Crippen LogP contribution in [-0.2, 0) is 11.3 Å². The molecule has 6 nitrogen and oxygen atoms in total. The Kier molecular flexibility index (Phi) is 5.53. The number of amides is 1. The van der Waals surface area contributed by atoms with Crippen LogP contribution in [0.15, 0.2) is 54.9 Å². The molecule has 128 valence electrons. The number of hydrogen-bond acceptors (Lipinski definition) is 4. The summed E-state index contributed by atoms with van der Waals surface area (Å²) in [6.07, 6.45) is 1.55. The van der Waals surface area contributed by atoms with Crippen LogP contribution in [-0.4, -0.2) is 27.3 Å². The van der Waals surface area contributed by atoms with E-state index in [4.69, 9.17) is 27.9 Å². The highest BCUT2D eigenvalue weighted by Crippen LogP contribution is 2.27. The van der Waals surface area contributed by atoms with Crippen LogP contribution in [0.1, 0.15) is 5.56 Å². The first-order chi connectivity index (χ1) is 12.1. The minimum atomic E-state index is -0.395. The Morgan fingerprint density at radius 3 is 2.76 bits per heavy atom. The minimum absolute atomic E-state index is 0.210. The lowest BCUT2D eigenvalue weighted by molar-refractivity contribution is -0.118. The Balaban J connectivity index is 1.54. The number of aromatic nitrogens is 3. The van der Waals surface area contributed by atoms with E-state index in [0.717, 1.165) is 5.56 Å². The average molecular weight is 377 g/mol. The van der Waals surface area contributed by atoms with E-state index in [0.29, 0.717) is 22.3 Å². The second kappa shape index (κ2) is 8.00. The van der Waals surface area contributed by atoms with Gasteiger partial charge in [0.05, 0.1) is 11.6 Å². The van der Waals surface area contributed by atoms with Crippen molar-refractivity contribution in [1.82, 2.24) is 14.8 Å². The van der Waals surface area contributed by atoms with Gasteiger partial charge < -0.3 is 4.74 Å². The quantitative estimate of drug-likeness (QED) is 0.712. The van der Waals surface area contributed by atoms with Gasteiger partial charge in [-0.25, -0.2) is 9.67 Å². The van der Waals surface area contributed by atoms with Crippen molar-refractivity contribution in [2.75, 3.05) is 11.9 Å². The topological polar surface area (TPSA) is 69.0 Å². The van der Waals surface area contributed by atoms with Gasteiger partial charge in [0.15, 0.2) is 6.61 Å². The Bertz CT molecular complexity index is 868. The molecule has 3 rings (SSSR count). The maximum Gasteiger partial charge on any atom is 0.264 e. The van der Waals surface area contributed by atoms with Gasteiger partial charge in [-0.15, -0.1) is 5.10 Å². The van der Waals surface area contributed by atoms with Gasteiger partial charge in [-0.1, -0.05) is 53.5 Å². The van der Waals surface area contributed by atoms with Gasteiger partial charge in [0.25, 0.3) is 5.91 Å². The normalized spacial score (nSPS) is 10.5. The summed E-state index contributed by atoms with van der Waals surface area (Å²) in [7, 11) is 0. The first-order valence-electron chi connectivity index (χ1n) is 7.41. The first-order valence-corrected chi connectivity index (χ1v) is 8.17. The van der Waals surface area contributed by atoms with Gasteiger partial charge in [-0.2, -0.15) is 0 Å². The number of nitrogens with zero attached hydrogens (tertiary/aromatic N) is 3. The van der Waals surface area contributed by atoms with Crippen molar-refractivity contribution in [3.63, 3.8) is 0 Å². The molecule has 0 atom stereocenters. The molecule has 0 fully saturated rings. The summed E-state index contributed by atoms with van der Waals surface area (Å²) in [5.74, 6) is 0.155. The molecule has 0 saturated carbocycles. The van der Waals surface area contributed by atoms with E-state index in [2.05, 4.69) is 15.4 Å². The minimum Gasteiger partial charge on any atom is -0.482 e. The van der Waals surface area contributed by atoms with Crippen LogP contribution in [0, 0.1) is 0 Å². The zero-order chi connectivity index (χ0) is 17.6. The molecule has 0 radical (unpaired) electrons. The van der Waals surface area contributed by atoms with E-state index >= 15 is 0 Å². The van der Waals surface area contributed by atoms with Crippen molar-refractivity contribution in [1.29, 1.82) is 0 Å². The lowest BCUT2D eigenvalue weighted by Crippen LogP contribution is -2.21. The third-order valence-electron chi connectivity index (χ3n) is 3.23. The van der Waals surface area contributed by atoms with Gasteiger partial charge >= 0.3 is 0 Å². The average Bonchev–Trinajstić information content (AvgIpc) is 3.03.